The maximum Gasteiger partial charge on any atom is 0.0698 e. The van der Waals surface area contributed by atoms with Crippen molar-refractivity contribution < 1.29 is 10.2 Å². The molecule has 0 heterocycles. The van der Waals surface area contributed by atoms with Crippen molar-refractivity contribution in [1.82, 2.24) is 5.32 Å². The molecule has 2 aliphatic rings. The second-order valence-corrected chi connectivity index (χ2v) is 8.63. The van der Waals surface area contributed by atoms with E-state index in [1.807, 2.05) is 12.2 Å². The highest BCUT2D eigenvalue weighted by atomic mass is 16.3. The van der Waals surface area contributed by atoms with Crippen molar-refractivity contribution in [1.29, 1.82) is 0 Å². The smallest absolute Gasteiger partial charge is 0.0698 e. The van der Waals surface area contributed by atoms with Gasteiger partial charge in [-0.3, -0.25) is 0 Å². The number of hydrogen-bond acceptors (Lipinski definition) is 3. The molecule has 0 aliphatic heterocycles. The minimum absolute atomic E-state index is 0.112. The predicted octanol–water partition coefficient (Wildman–Crippen LogP) is 4.60. The lowest BCUT2D eigenvalue weighted by Gasteiger charge is -2.32. The van der Waals surface area contributed by atoms with E-state index in [2.05, 4.69) is 18.5 Å². The molecule has 0 bridgehead atoms. The van der Waals surface area contributed by atoms with Crippen LogP contribution in [-0.4, -0.2) is 35.0 Å². The van der Waals surface area contributed by atoms with Crippen LogP contribution in [0.15, 0.2) is 25.3 Å². The fourth-order valence-corrected chi connectivity index (χ4v) is 4.77. The van der Waals surface area contributed by atoms with Crippen molar-refractivity contribution in [2.75, 3.05) is 6.54 Å². The average Bonchev–Trinajstić information content (AvgIpc) is 2.65. The Labute approximate surface area is 161 Å². The largest absolute Gasteiger partial charge is 0.393 e. The third-order valence-corrected chi connectivity index (χ3v) is 6.68. The first-order valence-corrected chi connectivity index (χ1v) is 11.0. The molecule has 0 aromatic carbocycles. The Morgan fingerprint density at radius 3 is 2.04 bits per heavy atom. The molecule has 0 amide bonds. The summed E-state index contributed by atoms with van der Waals surface area (Å²) in [4.78, 5) is 0. The Morgan fingerprint density at radius 2 is 1.38 bits per heavy atom. The molecule has 6 unspecified atom stereocenters. The van der Waals surface area contributed by atoms with Gasteiger partial charge in [0.2, 0.25) is 0 Å². The molecule has 26 heavy (non-hydrogen) atoms. The third-order valence-electron chi connectivity index (χ3n) is 6.68. The first-order valence-electron chi connectivity index (χ1n) is 11.0. The molecule has 2 rings (SSSR count). The number of rotatable bonds is 11. The summed E-state index contributed by atoms with van der Waals surface area (Å²) in [5.74, 6) is 1.53. The van der Waals surface area contributed by atoms with E-state index >= 15 is 0 Å². The zero-order chi connectivity index (χ0) is 18.8. The molecule has 0 saturated heterocycles. The monoisotopic (exact) mass is 363 g/mol. The van der Waals surface area contributed by atoms with Crippen molar-refractivity contribution in [3.8, 4) is 0 Å². The minimum Gasteiger partial charge on any atom is -0.393 e. The highest BCUT2D eigenvalue weighted by molar-refractivity contribution is 4.91. The van der Waals surface area contributed by atoms with E-state index < -0.39 is 0 Å². The summed E-state index contributed by atoms with van der Waals surface area (Å²) in [6, 6.07) is 0.276. The molecular weight excluding hydrogens is 322 g/mol. The van der Waals surface area contributed by atoms with E-state index in [0.717, 1.165) is 38.6 Å². The SMILES string of the molecule is C=CC1CCC(CCCCCCCNC2CCC(C=C)CC2O)C(O)C1. The summed E-state index contributed by atoms with van der Waals surface area (Å²) in [6.07, 6.45) is 17.5. The molecule has 2 fully saturated rings. The summed E-state index contributed by atoms with van der Waals surface area (Å²) >= 11 is 0. The van der Waals surface area contributed by atoms with Crippen LogP contribution in [0.5, 0.6) is 0 Å². The van der Waals surface area contributed by atoms with Gasteiger partial charge < -0.3 is 15.5 Å². The van der Waals surface area contributed by atoms with Gasteiger partial charge in [0, 0.05) is 6.04 Å². The van der Waals surface area contributed by atoms with E-state index in [9.17, 15) is 10.2 Å². The van der Waals surface area contributed by atoms with Gasteiger partial charge in [-0.15, -0.1) is 13.2 Å². The van der Waals surface area contributed by atoms with Crippen molar-refractivity contribution in [3.05, 3.63) is 25.3 Å². The van der Waals surface area contributed by atoms with E-state index in [4.69, 9.17) is 0 Å². The van der Waals surface area contributed by atoms with Gasteiger partial charge in [-0.1, -0.05) is 37.8 Å². The summed E-state index contributed by atoms with van der Waals surface area (Å²) in [6.45, 7) is 8.73. The summed E-state index contributed by atoms with van der Waals surface area (Å²) in [5, 5.41) is 24.0. The fraction of sp³-hybridized carbons (Fsp3) is 0.826. The number of unbranched alkanes of at least 4 members (excludes halogenated alkanes) is 4. The fourth-order valence-electron chi connectivity index (χ4n) is 4.77. The molecule has 3 N–H and O–H groups in total. The Kier molecular flexibility index (Phi) is 9.95. The molecule has 0 aromatic rings. The molecule has 0 spiro atoms. The zero-order valence-electron chi connectivity index (χ0n) is 16.6. The van der Waals surface area contributed by atoms with Gasteiger partial charge in [0.15, 0.2) is 0 Å². The summed E-state index contributed by atoms with van der Waals surface area (Å²) in [5.41, 5.74) is 0. The maximum atomic E-state index is 10.2. The molecule has 3 nitrogen and oxygen atoms in total. The molecular formula is C23H41NO2. The second kappa shape index (κ2) is 11.9. The predicted molar refractivity (Wildman–Crippen MR) is 110 cm³/mol. The van der Waals surface area contributed by atoms with Crippen molar-refractivity contribution in [2.45, 2.75) is 95.3 Å². The van der Waals surface area contributed by atoms with Crippen LogP contribution >= 0.6 is 0 Å². The van der Waals surface area contributed by atoms with Gasteiger partial charge in [-0.2, -0.15) is 0 Å². The minimum atomic E-state index is -0.214. The van der Waals surface area contributed by atoms with Crippen LogP contribution in [-0.2, 0) is 0 Å². The lowest BCUT2D eigenvalue weighted by atomic mass is 9.77. The van der Waals surface area contributed by atoms with E-state index in [0.29, 0.717) is 17.8 Å². The maximum absolute atomic E-state index is 10.2. The molecule has 2 aliphatic carbocycles. The molecule has 3 heteroatoms. The van der Waals surface area contributed by atoms with Crippen LogP contribution in [0.25, 0.3) is 0 Å². The van der Waals surface area contributed by atoms with Gasteiger partial charge in [-0.05, 0) is 75.7 Å². The van der Waals surface area contributed by atoms with Crippen LogP contribution in [0.3, 0.4) is 0 Å². The number of aliphatic hydroxyl groups is 2. The Morgan fingerprint density at radius 1 is 0.769 bits per heavy atom. The average molecular weight is 364 g/mol. The van der Waals surface area contributed by atoms with Gasteiger partial charge in [0.05, 0.1) is 12.2 Å². The van der Waals surface area contributed by atoms with Gasteiger partial charge in [0.1, 0.15) is 0 Å². The third kappa shape index (κ3) is 7.17. The number of aliphatic hydroxyl groups excluding tert-OH is 2. The number of allylic oxidation sites excluding steroid dienone is 2. The lowest BCUT2D eigenvalue weighted by Crippen LogP contribution is -2.44. The topological polar surface area (TPSA) is 52.5 Å². The van der Waals surface area contributed by atoms with Crippen LogP contribution < -0.4 is 5.32 Å². The van der Waals surface area contributed by atoms with Crippen molar-refractivity contribution in [2.24, 2.45) is 17.8 Å². The number of hydrogen-bond donors (Lipinski definition) is 3. The van der Waals surface area contributed by atoms with E-state index in [1.54, 1.807) is 0 Å². The Hall–Kier alpha value is -0.640. The van der Waals surface area contributed by atoms with Crippen LogP contribution in [0.4, 0.5) is 0 Å². The van der Waals surface area contributed by atoms with Gasteiger partial charge in [0.25, 0.3) is 0 Å². The van der Waals surface area contributed by atoms with E-state index in [1.165, 1.54) is 44.9 Å². The summed E-state index contributed by atoms with van der Waals surface area (Å²) in [7, 11) is 0. The first-order chi connectivity index (χ1) is 12.6. The molecule has 150 valence electrons. The highest BCUT2D eigenvalue weighted by Gasteiger charge is 2.27. The van der Waals surface area contributed by atoms with Gasteiger partial charge in [-0.25, -0.2) is 0 Å². The molecule has 0 radical (unpaired) electrons. The van der Waals surface area contributed by atoms with Gasteiger partial charge >= 0.3 is 0 Å². The van der Waals surface area contributed by atoms with Crippen LogP contribution in [0.2, 0.25) is 0 Å². The quantitative estimate of drug-likeness (QED) is 0.371. The normalized spacial score (nSPS) is 35.2. The Bertz CT molecular complexity index is 373. The highest BCUT2D eigenvalue weighted by Crippen LogP contribution is 2.33. The summed E-state index contributed by atoms with van der Waals surface area (Å²) < 4.78 is 0. The molecule has 0 aromatic heterocycles. The van der Waals surface area contributed by atoms with Crippen LogP contribution in [0, 0.1) is 17.8 Å². The Balaban J connectivity index is 1.44. The zero-order valence-corrected chi connectivity index (χ0v) is 16.6. The molecule has 2 saturated carbocycles. The first kappa shape index (κ1) is 21.7. The number of nitrogens with one attached hydrogen (secondary N) is 1. The van der Waals surface area contributed by atoms with Crippen molar-refractivity contribution in [3.63, 3.8) is 0 Å². The van der Waals surface area contributed by atoms with Crippen molar-refractivity contribution >= 4 is 0 Å². The lowest BCUT2D eigenvalue weighted by molar-refractivity contribution is 0.0492. The van der Waals surface area contributed by atoms with E-state index in [-0.39, 0.29) is 18.2 Å². The molecule has 6 atom stereocenters. The van der Waals surface area contributed by atoms with Crippen LogP contribution in [0.1, 0.15) is 77.0 Å². The second-order valence-electron chi connectivity index (χ2n) is 8.63. The standard InChI is InChI=1S/C23H41NO2/c1-3-18-11-13-20(22(25)16-18)10-8-6-5-7-9-15-24-21-14-12-19(4-2)17-23(21)26/h3-4,18-26H,1-2,5-17H2.